The molecule has 0 unspecified atom stereocenters. The van der Waals surface area contributed by atoms with Crippen molar-refractivity contribution in [1.29, 1.82) is 0 Å². The van der Waals surface area contributed by atoms with Crippen LogP contribution in [0.1, 0.15) is 15.9 Å². The molecule has 30 heavy (non-hydrogen) atoms. The number of methoxy groups -OCH3 is 4. The van der Waals surface area contributed by atoms with E-state index in [1.165, 1.54) is 0 Å². The van der Waals surface area contributed by atoms with Crippen LogP contribution in [0.5, 0.6) is 23.0 Å². The number of nitrogens with one attached hydrogen (secondary N) is 1. The minimum atomic E-state index is -0.274. The number of benzene rings is 2. The third-order valence-electron chi connectivity index (χ3n) is 4.36. The third-order valence-corrected chi connectivity index (χ3v) is 5.25. The van der Waals surface area contributed by atoms with E-state index in [2.05, 4.69) is 9.82 Å². The molecule has 0 aliphatic heterocycles. The topological polar surface area (TPSA) is 83.8 Å². The molecule has 0 atom stereocenters. The summed E-state index contributed by atoms with van der Waals surface area (Å²) in [5.74, 6) is 2.00. The Morgan fingerprint density at radius 2 is 1.70 bits per heavy atom. The van der Waals surface area contributed by atoms with Crippen LogP contribution in [-0.4, -0.2) is 44.1 Å². The van der Waals surface area contributed by atoms with Crippen LogP contribution in [0, 0.1) is 0 Å². The Morgan fingerprint density at radius 1 is 1.00 bits per heavy atom. The quantitative estimate of drug-likeness (QED) is 0.522. The molecule has 1 amide bonds. The molecule has 0 spiro atoms. The number of carbonyl (C=O) groups excluding carboxylic acids is 1. The zero-order valence-corrected chi connectivity index (χ0v) is 18.0. The van der Waals surface area contributed by atoms with Crippen molar-refractivity contribution in [2.75, 3.05) is 28.4 Å². The number of hydrogen-bond acceptors (Lipinski definition) is 7. The summed E-state index contributed by atoms with van der Waals surface area (Å²) in [4.78, 5) is 13.4. The van der Waals surface area contributed by atoms with Crippen molar-refractivity contribution in [3.05, 3.63) is 59.9 Å². The van der Waals surface area contributed by atoms with E-state index < -0.39 is 0 Å². The number of aromatic nitrogens is 2. The number of rotatable bonds is 9. The Labute approximate surface area is 179 Å². The first-order chi connectivity index (χ1) is 14.6. The predicted octanol–water partition coefficient (Wildman–Crippen LogP) is 3.40. The summed E-state index contributed by atoms with van der Waals surface area (Å²) in [5.41, 5.74) is 1.39. The molecule has 158 valence electrons. The first-order valence-corrected chi connectivity index (χ1v) is 9.82. The molecule has 1 N–H and O–H groups in total. The highest BCUT2D eigenvalue weighted by atomic mass is 32.2. The van der Waals surface area contributed by atoms with Crippen molar-refractivity contribution in [3.63, 3.8) is 0 Å². The average Bonchev–Trinajstić information content (AvgIpc) is 3.30. The van der Waals surface area contributed by atoms with Crippen LogP contribution in [0.2, 0.25) is 0 Å². The highest BCUT2D eigenvalue weighted by Gasteiger charge is 2.17. The molecular formula is C21H23N3O5S. The zero-order chi connectivity index (χ0) is 21.5. The second-order valence-electron chi connectivity index (χ2n) is 6.12. The monoisotopic (exact) mass is 429 g/mol. The molecule has 8 nitrogen and oxygen atoms in total. The van der Waals surface area contributed by atoms with Gasteiger partial charge in [0.1, 0.15) is 27.9 Å². The van der Waals surface area contributed by atoms with Gasteiger partial charge < -0.3 is 18.9 Å². The Bertz CT molecular complexity index is 983. The van der Waals surface area contributed by atoms with Crippen LogP contribution < -0.4 is 23.7 Å². The highest BCUT2D eigenvalue weighted by Crippen LogP contribution is 2.40. The summed E-state index contributed by atoms with van der Waals surface area (Å²) < 4.78 is 26.1. The van der Waals surface area contributed by atoms with Gasteiger partial charge in [0.15, 0.2) is 0 Å². The molecular weight excluding hydrogens is 406 g/mol. The summed E-state index contributed by atoms with van der Waals surface area (Å²) >= 11 is 1.11. The third kappa shape index (κ3) is 4.80. The van der Waals surface area contributed by atoms with E-state index in [9.17, 15) is 4.79 Å². The second-order valence-corrected chi connectivity index (χ2v) is 6.94. The normalized spacial score (nSPS) is 10.4. The molecule has 0 bridgehead atoms. The Balaban J connectivity index is 1.76. The number of carbonyl (C=O) groups is 1. The zero-order valence-electron chi connectivity index (χ0n) is 17.2. The smallest absolute Gasteiger partial charge is 0.261 e. The van der Waals surface area contributed by atoms with E-state index in [1.807, 2.05) is 18.3 Å². The first-order valence-electron chi connectivity index (χ1n) is 9.01. The van der Waals surface area contributed by atoms with E-state index in [-0.39, 0.29) is 5.91 Å². The lowest BCUT2D eigenvalue weighted by Gasteiger charge is -2.15. The van der Waals surface area contributed by atoms with Crippen molar-refractivity contribution in [2.45, 2.75) is 11.4 Å². The minimum absolute atomic E-state index is 0.274. The van der Waals surface area contributed by atoms with E-state index in [0.29, 0.717) is 40.0 Å². The van der Waals surface area contributed by atoms with E-state index in [4.69, 9.17) is 18.9 Å². The van der Waals surface area contributed by atoms with Crippen molar-refractivity contribution in [3.8, 4) is 23.0 Å². The Morgan fingerprint density at radius 3 is 2.27 bits per heavy atom. The van der Waals surface area contributed by atoms with Gasteiger partial charge >= 0.3 is 0 Å². The van der Waals surface area contributed by atoms with Gasteiger partial charge in [-0.25, -0.2) is 0 Å². The van der Waals surface area contributed by atoms with Crippen molar-refractivity contribution >= 4 is 17.9 Å². The maximum Gasteiger partial charge on any atom is 0.261 e. The van der Waals surface area contributed by atoms with E-state index in [1.54, 1.807) is 63.6 Å². The standard InChI is InChI=1S/C21H23N3O5S/c1-26-16-11-18(28-3)20(19(12-16)29-4)30-23-21(25)14-6-7-15(17(10-14)27-2)13-24-9-5-8-22-24/h5-12H,13H2,1-4H3,(H,23,25). The van der Waals surface area contributed by atoms with E-state index in [0.717, 1.165) is 17.5 Å². The van der Waals surface area contributed by atoms with Crippen LogP contribution in [-0.2, 0) is 6.54 Å². The lowest BCUT2D eigenvalue weighted by atomic mass is 10.1. The van der Waals surface area contributed by atoms with Gasteiger partial charge in [-0.3, -0.25) is 14.2 Å². The van der Waals surface area contributed by atoms with E-state index >= 15 is 0 Å². The van der Waals surface area contributed by atoms with Gasteiger partial charge in [0.2, 0.25) is 0 Å². The van der Waals surface area contributed by atoms with Gasteiger partial charge in [0, 0.05) is 35.7 Å². The lowest BCUT2D eigenvalue weighted by Crippen LogP contribution is -2.16. The number of hydrogen-bond donors (Lipinski definition) is 1. The molecule has 0 aliphatic carbocycles. The Kier molecular flexibility index (Phi) is 7.08. The maximum atomic E-state index is 12.7. The summed E-state index contributed by atoms with van der Waals surface area (Å²) in [6.07, 6.45) is 3.58. The fraction of sp³-hybridized carbons (Fsp3) is 0.238. The van der Waals surface area contributed by atoms with Crippen LogP contribution in [0.3, 0.4) is 0 Å². The fourth-order valence-corrected chi connectivity index (χ4v) is 3.61. The predicted molar refractivity (Wildman–Crippen MR) is 114 cm³/mol. The average molecular weight is 429 g/mol. The van der Waals surface area contributed by atoms with Crippen LogP contribution in [0.15, 0.2) is 53.7 Å². The minimum Gasteiger partial charge on any atom is -0.496 e. The molecule has 3 rings (SSSR count). The molecule has 2 aromatic carbocycles. The van der Waals surface area contributed by atoms with Crippen molar-refractivity contribution in [2.24, 2.45) is 0 Å². The Hall–Kier alpha value is -3.33. The molecule has 1 aromatic heterocycles. The summed E-state index contributed by atoms with van der Waals surface area (Å²) in [6.45, 7) is 0.549. The maximum absolute atomic E-state index is 12.7. The SMILES string of the molecule is COc1cc(OC)c(SNC(=O)c2ccc(Cn3cccn3)c(OC)c2)c(OC)c1. The molecule has 0 saturated carbocycles. The number of amides is 1. The lowest BCUT2D eigenvalue weighted by molar-refractivity contribution is 0.0984. The number of ether oxygens (including phenoxy) is 4. The van der Waals surface area contributed by atoms with Gasteiger partial charge in [-0.2, -0.15) is 5.10 Å². The summed E-state index contributed by atoms with van der Waals surface area (Å²) in [7, 11) is 6.23. The van der Waals surface area contributed by atoms with Gasteiger partial charge in [-0.05, 0) is 30.1 Å². The highest BCUT2D eigenvalue weighted by molar-refractivity contribution is 7.98. The van der Waals surface area contributed by atoms with Gasteiger partial charge in [-0.1, -0.05) is 6.07 Å². The number of nitrogens with zero attached hydrogens (tertiary/aromatic N) is 2. The van der Waals surface area contributed by atoms with Crippen molar-refractivity contribution in [1.82, 2.24) is 14.5 Å². The molecule has 0 radical (unpaired) electrons. The largest absolute Gasteiger partial charge is 0.496 e. The second kappa shape index (κ2) is 9.93. The first kappa shape index (κ1) is 21.4. The van der Waals surface area contributed by atoms with Crippen LogP contribution in [0.25, 0.3) is 0 Å². The molecule has 1 heterocycles. The summed E-state index contributed by atoms with van der Waals surface area (Å²) in [6, 6.07) is 10.6. The molecule has 0 saturated heterocycles. The molecule has 3 aromatic rings. The van der Waals surface area contributed by atoms with Crippen LogP contribution in [0.4, 0.5) is 0 Å². The van der Waals surface area contributed by atoms with Crippen LogP contribution >= 0.6 is 11.9 Å². The molecule has 0 fully saturated rings. The van der Waals surface area contributed by atoms with Gasteiger partial charge in [-0.15, -0.1) is 0 Å². The fourth-order valence-electron chi connectivity index (χ4n) is 2.82. The molecule has 9 heteroatoms. The molecule has 0 aliphatic rings. The summed E-state index contributed by atoms with van der Waals surface area (Å²) in [5, 5.41) is 4.20. The van der Waals surface area contributed by atoms with Gasteiger partial charge in [0.25, 0.3) is 5.91 Å². The van der Waals surface area contributed by atoms with Gasteiger partial charge in [0.05, 0.1) is 35.0 Å². The van der Waals surface area contributed by atoms with Crippen molar-refractivity contribution < 1.29 is 23.7 Å².